The molecular formula is C18H14FNO3. The quantitative estimate of drug-likeness (QED) is 0.689. The molecule has 0 amide bonds. The van der Waals surface area contributed by atoms with Gasteiger partial charge in [0.1, 0.15) is 18.2 Å². The third-order valence-corrected chi connectivity index (χ3v) is 3.41. The van der Waals surface area contributed by atoms with Crippen molar-refractivity contribution in [1.82, 2.24) is 4.98 Å². The summed E-state index contributed by atoms with van der Waals surface area (Å²) in [7, 11) is 1.29. The Labute approximate surface area is 132 Å². The van der Waals surface area contributed by atoms with E-state index < -0.39 is 5.97 Å². The highest BCUT2D eigenvalue weighted by Crippen LogP contribution is 2.26. The van der Waals surface area contributed by atoms with Gasteiger partial charge in [-0.15, -0.1) is 0 Å². The van der Waals surface area contributed by atoms with Gasteiger partial charge in [-0.05, 0) is 18.2 Å². The van der Waals surface area contributed by atoms with Crippen molar-refractivity contribution in [3.63, 3.8) is 0 Å². The minimum Gasteiger partial charge on any atom is -0.488 e. The van der Waals surface area contributed by atoms with Crippen LogP contribution in [0.5, 0.6) is 5.75 Å². The number of hydrogen-bond donors (Lipinski definition) is 0. The highest BCUT2D eigenvalue weighted by atomic mass is 19.1. The van der Waals surface area contributed by atoms with E-state index in [2.05, 4.69) is 4.98 Å². The van der Waals surface area contributed by atoms with Crippen LogP contribution in [0.4, 0.5) is 4.39 Å². The number of aromatic nitrogens is 1. The van der Waals surface area contributed by atoms with Crippen molar-refractivity contribution in [2.45, 2.75) is 6.61 Å². The van der Waals surface area contributed by atoms with Crippen LogP contribution in [-0.4, -0.2) is 18.1 Å². The van der Waals surface area contributed by atoms with Gasteiger partial charge in [-0.3, -0.25) is 0 Å². The summed E-state index contributed by atoms with van der Waals surface area (Å²) in [6, 6.07) is 15.2. The van der Waals surface area contributed by atoms with Crippen LogP contribution in [-0.2, 0) is 11.3 Å². The molecule has 0 spiro atoms. The third-order valence-electron chi connectivity index (χ3n) is 3.41. The average Bonchev–Trinajstić information content (AvgIpc) is 2.59. The highest BCUT2D eigenvalue weighted by Gasteiger charge is 2.13. The molecule has 0 N–H and O–H groups in total. The van der Waals surface area contributed by atoms with E-state index in [0.29, 0.717) is 16.8 Å². The molecule has 0 fully saturated rings. The molecule has 0 aliphatic heterocycles. The van der Waals surface area contributed by atoms with Gasteiger partial charge >= 0.3 is 5.97 Å². The summed E-state index contributed by atoms with van der Waals surface area (Å²) in [5.41, 5.74) is 1.20. The number of pyridine rings is 1. The summed E-state index contributed by atoms with van der Waals surface area (Å²) in [6.07, 6.45) is 0. The maximum Gasteiger partial charge on any atom is 0.356 e. The van der Waals surface area contributed by atoms with Gasteiger partial charge in [0.25, 0.3) is 0 Å². The molecule has 3 aromatic rings. The van der Waals surface area contributed by atoms with E-state index in [1.54, 1.807) is 24.3 Å². The summed E-state index contributed by atoms with van der Waals surface area (Å²) in [6.45, 7) is 0.0568. The fourth-order valence-electron chi connectivity index (χ4n) is 2.24. The molecule has 3 rings (SSSR count). The summed E-state index contributed by atoms with van der Waals surface area (Å²) in [5, 5.41) is 0.747. The van der Waals surface area contributed by atoms with Crippen LogP contribution >= 0.6 is 0 Å². The van der Waals surface area contributed by atoms with Crippen LogP contribution in [0.25, 0.3) is 10.9 Å². The van der Waals surface area contributed by atoms with Gasteiger partial charge in [0.15, 0.2) is 5.69 Å². The van der Waals surface area contributed by atoms with Gasteiger partial charge in [-0.1, -0.05) is 30.3 Å². The molecule has 0 aliphatic carbocycles. The fraction of sp³-hybridized carbons (Fsp3) is 0.111. The summed E-state index contributed by atoms with van der Waals surface area (Å²) < 4.78 is 24.1. The van der Waals surface area contributed by atoms with Crippen molar-refractivity contribution in [1.29, 1.82) is 0 Å². The maximum absolute atomic E-state index is 13.7. The molecule has 23 heavy (non-hydrogen) atoms. The second-order valence-electron chi connectivity index (χ2n) is 4.89. The lowest BCUT2D eigenvalue weighted by Gasteiger charge is -2.11. The molecule has 0 bridgehead atoms. The van der Waals surface area contributed by atoms with E-state index in [9.17, 15) is 9.18 Å². The second kappa shape index (κ2) is 6.44. The Hall–Kier alpha value is -2.95. The zero-order valence-corrected chi connectivity index (χ0v) is 12.5. The minimum absolute atomic E-state index is 0.0568. The Morgan fingerprint density at radius 2 is 1.87 bits per heavy atom. The Balaban J connectivity index is 1.98. The number of benzene rings is 2. The number of methoxy groups -OCH3 is 1. The minimum atomic E-state index is -0.550. The van der Waals surface area contributed by atoms with Gasteiger partial charge in [-0.2, -0.15) is 0 Å². The lowest BCUT2D eigenvalue weighted by molar-refractivity contribution is 0.0594. The zero-order valence-electron chi connectivity index (χ0n) is 12.5. The Kier molecular flexibility index (Phi) is 4.19. The van der Waals surface area contributed by atoms with Crippen molar-refractivity contribution in [3.05, 3.63) is 71.7 Å². The first-order valence-electron chi connectivity index (χ1n) is 7.03. The first-order valence-corrected chi connectivity index (χ1v) is 7.03. The number of para-hydroxylation sites is 1. The van der Waals surface area contributed by atoms with Crippen LogP contribution in [0.15, 0.2) is 54.6 Å². The van der Waals surface area contributed by atoms with E-state index in [-0.39, 0.29) is 18.1 Å². The number of carbonyl (C=O) groups is 1. The maximum atomic E-state index is 13.7. The standard InChI is InChI=1S/C18H14FNO3/c1-22-18(21)16-10-17(13-7-3-5-9-15(13)20-16)23-11-12-6-2-4-8-14(12)19/h2-10H,11H2,1H3. The number of esters is 1. The van der Waals surface area contributed by atoms with E-state index in [1.807, 2.05) is 18.2 Å². The fourth-order valence-corrected chi connectivity index (χ4v) is 2.24. The number of ether oxygens (including phenoxy) is 2. The molecule has 116 valence electrons. The van der Waals surface area contributed by atoms with Gasteiger partial charge in [0.2, 0.25) is 0 Å². The smallest absolute Gasteiger partial charge is 0.356 e. The summed E-state index contributed by atoms with van der Waals surface area (Å²) >= 11 is 0. The van der Waals surface area contributed by atoms with Crippen LogP contribution in [0.1, 0.15) is 16.1 Å². The molecule has 4 nitrogen and oxygen atoms in total. The Bertz CT molecular complexity index is 864. The van der Waals surface area contributed by atoms with Crippen molar-refractivity contribution >= 4 is 16.9 Å². The highest BCUT2D eigenvalue weighted by molar-refractivity contribution is 5.93. The van der Waals surface area contributed by atoms with Crippen LogP contribution < -0.4 is 4.74 Å². The third kappa shape index (κ3) is 3.13. The van der Waals surface area contributed by atoms with Gasteiger partial charge in [0, 0.05) is 17.0 Å². The number of halogens is 1. The topological polar surface area (TPSA) is 48.4 Å². The lowest BCUT2D eigenvalue weighted by atomic mass is 10.1. The molecule has 0 radical (unpaired) electrons. The van der Waals surface area contributed by atoms with Crippen molar-refractivity contribution in [2.24, 2.45) is 0 Å². The molecule has 0 aliphatic rings. The van der Waals surface area contributed by atoms with Crippen LogP contribution in [0.3, 0.4) is 0 Å². The number of carbonyl (C=O) groups excluding carboxylic acids is 1. The molecule has 2 aromatic carbocycles. The first-order chi connectivity index (χ1) is 11.2. The second-order valence-corrected chi connectivity index (χ2v) is 4.89. The predicted octanol–water partition coefficient (Wildman–Crippen LogP) is 3.74. The molecule has 0 unspecified atom stereocenters. The SMILES string of the molecule is COC(=O)c1cc(OCc2ccccc2F)c2ccccc2n1. The van der Waals surface area contributed by atoms with Gasteiger partial charge < -0.3 is 9.47 Å². The molecule has 1 heterocycles. The molecule has 0 saturated heterocycles. The van der Waals surface area contributed by atoms with Crippen molar-refractivity contribution in [3.8, 4) is 5.75 Å². The Morgan fingerprint density at radius 1 is 1.13 bits per heavy atom. The lowest BCUT2D eigenvalue weighted by Crippen LogP contribution is -2.06. The number of rotatable bonds is 4. The number of fused-ring (bicyclic) bond motifs is 1. The van der Waals surface area contributed by atoms with E-state index in [4.69, 9.17) is 9.47 Å². The van der Waals surface area contributed by atoms with Gasteiger partial charge in [-0.25, -0.2) is 14.2 Å². The molecular weight excluding hydrogens is 297 g/mol. The Morgan fingerprint density at radius 3 is 2.65 bits per heavy atom. The van der Waals surface area contributed by atoms with E-state index >= 15 is 0 Å². The molecule has 0 saturated carbocycles. The first kappa shape index (κ1) is 15.0. The van der Waals surface area contributed by atoms with Crippen molar-refractivity contribution in [2.75, 3.05) is 7.11 Å². The summed E-state index contributed by atoms with van der Waals surface area (Å²) in [4.78, 5) is 16.0. The molecule has 1 aromatic heterocycles. The van der Waals surface area contributed by atoms with E-state index in [1.165, 1.54) is 19.2 Å². The van der Waals surface area contributed by atoms with Crippen LogP contribution in [0, 0.1) is 5.82 Å². The van der Waals surface area contributed by atoms with Gasteiger partial charge in [0.05, 0.1) is 12.6 Å². The molecule has 0 atom stereocenters. The predicted molar refractivity (Wildman–Crippen MR) is 83.8 cm³/mol. The number of nitrogens with zero attached hydrogens (tertiary/aromatic N) is 1. The summed E-state index contributed by atoms with van der Waals surface area (Å²) in [5.74, 6) is -0.426. The largest absolute Gasteiger partial charge is 0.488 e. The number of hydrogen-bond acceptors (Lipinski definition) is 4. The monoisotopic (exact) mass is 311 g/mol. The van der Waals surface area contributed by atoms with E-state index in [0.717, 1.165) is 5.39 Å². The normalized spacial score (nSPS) is 10.5. The average molecular weight is 311 g/mol. The molecule has 5 heteroatoms. The van der Waals surface area contributed by atoms with Crippen LogP contribution in [0.2, 0.25) is 0 Å². The zero-order chi connectivity index (χ0) is 16.2. The van der Waals surface area contributed by atoms with Crippen molar-refractivity contribution < 1.29 is 18.7 Å².